The summed E-state index contributed by atoms with van der Waals surface area (Å²) < 4.78 is 28.6. The lowest BCUT2D eigenvalue weighted by Crippen LogP contribution is -2.68. The molecule has 0 radical (unpaired) electrons. The Labute approximate surface area is 270 Å². The predicted molar refractivity (Wildman–Crippen MR) is 153 cm³/mol. The second kappa shape index (κ2) is 16.5. The van der Waals surface area contributed by atoms with Gasteiger partial charge in [0.25, 0.3) is 5.79 Å². The van der Waals surface area contributed by atoms with E-state index in [2.05, 4.69) is 10.6 Å². The van der Waals surface area contributed by atoms with Crippen LogP contribution in [0.25, 0.3) is 0 Å². The van der Waals surface area contributed by atoms with Crippen molar-refractivity contribution in [2.75, 3.05) is 19.8 Å². The molecule has 11 N–H and O–H groups in total. The molecule has 3 fully saturated rings. The van der Waals surface area contributed by atoms with Crippen LogP contribution >= 0.6 is 0 Å². The summed E-state index contributed by atoms with van der Waals surface area (Å²) in [6.07, 6.45) is -19.7. The standard InChI is InChI=1S/C28H48N2O17/c1-10(2)24-19(30-12(4)34)21(38)25(16(8-32)44-24)46-26-23(40)22(39)20(37)17(45-26)9-43-28(27(41)42)6-14(36)18(29-11(3)33)15(47-28)5-13(35)7-31/h10,13-26,31-32,35-40H,5-9H2,1-4H3,(H,29,33)(H,30,34)(H,41,42)/t13-,14+,15?,16?,17?,18+,19-,20-,21?,22?,23-,24-,25+,26-,28+/m0/s1. The molecular weight excluding hydrogens is 636 g/mol. The summed E-state index contributed by atoms with van der Waals surface area (Å²) in [6, 6.07) is -2.21. The average molecular weight is 685 g/mol. The smallest absolute Gasteiger partial charge is 0.364 e. The lowest BCUT2D eigenvalue weighted by atomic mass is 9.87. The quantitative estimate of drug-likeness (QED) is 0.0863. The second-order valence-electron chi connectivity index (χ2n) is 12.5. The van der Waals surface area contributed by atoms with Crippen LogP contribution in [-0.4, -0.2) is 175 Å². The van der Waals surface area contributed by atoms with Crippen LogP contribution in [0.1, 0.15) is 40.5 Å². The molecule has 19 nitrogen and oxygen atoms in total. The van der Waals surface area contributed by atoms with Crippen molar-refractivity contribution < 1.29 is 84.0 Å². The predicted octanol–water partition coefficient (Wildman–Crippen LogP) is -5.34. The maximum Gasteiger partial charge on any atom is 0.364 e. The van der Waals surface area contributed by atoms with Gasteiger partial charge in [-0.3, -0.25) is 9.59 Å². The second-order valence-corrected chi connectivity index (χ2v) is 12.5. The number of carboxylic acids is 1. The number of carboxylic acid groups (broad SMARTS) is 1. The highest BCUT2D eigenvalue weighted by atomic mass is 16.7. The first kappa shape index (κ1) is 39.3. The zero-order valence-electron chi connectivity index (χ0n) is 26.5. The summed E-state index contributed by atoms with van der Waals surface area (Å²) >= 11 is 0. The lowest BCUT2D eigenvalue weighted by molar-refractivity contribution is -0.351. The molecule has 47 heavy (non-hydrogen) atoms. The number of aliphatic hydroxyl groups excluding tert-OH is 8. The fourth-order valence-corrected chi connectivity index (χ4v) is 6.08. The monoisotopic (exact) mass is 684 g/mol. The number of aliphatic hydroxyl groups is 8. The van der Waals surface area contributed by atoms with Gasteiger partial charge in [-0.1, -0.05) is 13.8 Å². The normalized spacial score (nSPS) is 41.7. The highest BCUT2D eigenvalue weighted by Gasteiger charge is 2.56. The first-order valence-corrected chi connectivity index (χ1v) is 15.3. The van der Waals surface area contributed by atoms with Gasteiger partial charge in [0, 0.05) is 26.7 Å². The summed E-state index contributed by atoms with van der Waals surface area (Å²) in [4.78, 5) is 36.1. The van der Waals surface area contributed by atoms with Gasteiger partial charge in [0.05, 0.1) is 56.3 Å². The molecule has 272 valence electrons. The fourth-order valence-electron chi connectivity index (χ4n) is 6.08. The first-order chi connectivity index (χ1) is 22.0. The topological polar surface area (TPSA) is 303 Å². The number of rotatable bonds is 13. The Morgan fingerprint density at radius 1 is 0.872 bits per heavy atom. The van der Waals surface area contributed by atoms with E-state index in [1.165, 1.54) is 6.92 Å². The minimum Gasteiger partial charge on any atom is -0.477 e. The van der Waals surface area contributed by atoms with E-state index in [1.807, 2.05) is 0 Å². The number of hydrogen-bond acceptors (Lipinski definition) is 16. The number of nitrogens with one attached hydrogen (secondary N) is 2. The van der Waals surface area contributed by atoms with Gasteiger partial charge in [-0.05, 0) is 5.92 Å². The molecule has 3 rings (SSSR count). The Kier molecular flexibility index (Phi) is 13.8. The molecule has 0 aromatic rings. The Bertz CT molecular complexity index is 1070. The Balaban J connectivity index is 1.82. The zero-order valence-corrected chi connectivity index (χ0v) is 26.5. The first-order valence-electron chi connectivity index (χ1n) is 15.3. The van der Waals surface area contributed by atoms with E-state index in [-0.39, 0.29) is 5.92 Å². The fraction of sp³-hybridized carbons (Fsp3) is 0.893. The minimum atomic E-state index is -2.64. The molecule has 2 amide bonds. The number of carbonyl (C=O) groups excluding carboxylic acids is 2. The van der Waals surface area contributed by atoms with Crippen LogP contribution < -0.4 is 10.6 Å². The van der Waals surface area contributed by atoms with Gasteiger partial charge in [-0.15, -0.1) is 0 Å². The highest BCUT2D eigenvalue weighted by molar-refractivity contribution is 5.76. The van der Waals surface area contributed by atoms with E-state index in [1.54, 1.807) is 13.8 Å². The molecule has 0 aliphatic carbocycles. The molecule has 3 aliphatic heterocycles. The largest absolute Gasteiger partial charge is 0.477 e. The van der Waals surface area contributed by atoms with Crippen molar-refractivity contribution in [3.05, 3.63) is 0 Å². The molecule has 0 aromatic carbocycles. The summed E-state index contributed by atoms with van der Waals surface area (Å²) in [7, 11) is 0. The molecule has 15 atom stereocenters. The summed E-state index contributed by atoms with van der Waals surface area (Å²) in [5, 5.41) is 98.5. The third-order valence-electron chi connectivity index (χ3n) is 8.45. The van der Waals surface area contributed by atoms with E-state index >= 15 is 0 Å². The van der Waals surface area contributed by atoms with Gasteiger partial charge in [0.2, 0.25) is 11.8 Å². The van der Waals surface area contributed by atoms with Crippen molar-refractivity contribution >= 4 is 17.8 Å². The van der Waals surface area contributed by atoms with Crippen molar-refractivity contribution in [1.29, 1.82) is 0 Å². The van der Waals surface area contributed by atoms with Crippen molar-refractivity contribution in [3.8, 4) is 0 Å². The molecule has 5 unspecified atom stereocenters. The summed E-state index contributed by atoms with van der Waals surface area (Å²) in [5.41, 5.74) is 0. The molecule has 0 aromatic heterocycles. The van der Waals surface area contributed by atoms with Gasteiger partial charge in [-0.25, -0.2) is 4.79 Å². The van der Waals surface area contributed by atoms with Crippen molar-refractivity contribution in [3.63, 3.8) is 0 Å². The van der Waals surface area contributed by atoms with Gasteiger partial charge < -0.3 is 80.3 Å². The molecule has 0 saturated carbocycles. The van der Waals surface area contributed by atoms with Gasteiger partial charge in [0.1, 0.15) is 42.7 Å². The highest BCUT2D eigenvalue weighted by Crippen LogP contribution is 2.35. The number of hydrogen-bond donors (Lipinski definition) is 11. The zero-order chi connectivity index (χ0) is 35.4. The van der Waals surface area contributed by atoms with Crippen molar-refractivity contribution in [1.82, 2.24) is 10.6 Å². The summed E-state index contributed by atoms with van der Waals surface area (Å²) in [6.45, 7) is 3.67. The molecule has 0 spiro atoms. The third-order valence-corrected chi connectivity index (χ3v) is 8.45. The summed E-state index contributed by atoms with van der Waals surface area (Å²) in [5.74, 6) is -5.69. The number of amides is 2. The molecular formula is C28H48N2O17. The van der Waals surface area contributed by atoms with Crippen molar-refractivity contribution in [2.24, 2.45) is 5.92 Å². The van der Waals surface area contributed by atoms with E-state index < -0.39 is 142 Å². The van der Waals surface area contributed by atoms with Gasteiger partial charge in [0.15, 0.2) is 6.29 Å². The van der Waals surface area contributed by atoms with Crippen LogP contribution in [0.2, 0.25) is 0 Å². The van der Waals surface area contributed by atoms with Crippen molar-refractivity contribution in [2.45, 2.75) is 132 Å². The van der Waals surface area contributed by atoms with Gasteiger partial charge >= 0.3 is 5.97 Å². The minimum absolute atomic E-state index is 0.228. The molecule has 3 saturated heterocycles. The van der Waals surface area contributed by atoms with Crippen LogP contribution in [0.4, 0.5) is 0 Å². The SMILES string of the molecule is CC(=O)N[C@H]1C(C[C@H](O)CO)O[C@@](OCC2O[C@@H](O[C@@H]3C(CO)O[C@@H](C(C)C)[C@@H](NC(C)=O)C3O)[C@@H](O)C(O)[C@H]2O)(C(=O)O)C[C@H]1O. The Morgan fingerprint density at radius 3 is 2.02 bits per heavy atom. The maximum absolute atomic E-state index is 12.5. The van der Waals surface area contributed by atoms with Crippen LogP contribution in [0.5, 0.6) is 0 Å². The Hall–Kier alpha value is -2.11. The maximum atomic E-state index is 12.5. The van der Waals surface area contributed by atoms with E-state index in [4.69, 9.17) is 23.7 Å². The molecule has 0 bridgehead atoms. The molecule has 19 heteroatoms. The number of ether oxygens (including phenoxy) is 5. The lowest BCUT2D eigenvalue weighted by Gasteiger charge is -2.49. The van der Waals surface area contributed by atoms with Gasteiger partial charge in [-0.2, -0.15) is 0 Å². The van der Waals surface area contributed by atoms with E-state index in [9.17, 15) is 60.3 Å². The van der Waals surface area contributed by atoms with Crippen LogP contribution in [0, 0.1) is 5.92 Å². The van der Waals surface area contributed by atoms with Crippen LogP contribution in [0.15, 0.2) is 0 Å². The third kappa shape index (κ3) is 9.12. The number of carbonyl (C=O) groups is 3. The van der Waals surface area contributed by atoms with E-state index in [0.29, 0.717) is 0 Å². The molecule has 3 heterocycles. The van der Waals surface area contributed by atoms with Crippen LogP contribution in [0.3, 0.4) is 0 Å². The number of aliphatic carboxylic acids is 1. The van der Waals surface area contributed by atoms with E-state index in [0.717, 1.165) is 6.92 Å². The van der Waals surface area contributed by atoms with Crippen LogP contribution in [-0.2, 0) is 38.1 Å². The molecule has 3 aliphatic rings. The Morgan fingerprint density at radius 2 is 1.49 bits per heavy atom. The average Bonchev–Trinajstić information content (AvgIpc) is 2.99.